The highest BCUT2D eigenvalue weighted by Crippen LogP contribution is 2.30. The third-order valence-corrected chi connectivity index (χ3v) is 3.37. The topological polar surface area (TPSA) is 60.9 Å². The van der Waals surface area contributed by atoms with Crippen molar-refractivity contribution in [1.82, 2.24) is 9.80 Å². The van der Waals surface area contributed by atoms with Gasteiger partial charge in [0.15, 0.2) is 0 Å². The molecular weight excluding hydrogens is 232 g/mol. The molecule has 1 fully saturated rings. The minimum Gasteiger partial charge on any atom is -0.480 e. The van der Waals surface area contributed by atoms with Gasteiger partial charge in [0.1, 0.15) is 6.54 Å². The van der Waals surface area contributed by atoms with E-state index in [0.717, 1.165) is 19.3 Å². The van der Waals surface area contributed by atoms with Gasteiger partial charge in [-0.1, -0.05) is 11.6 Å². The van der Waals surface area contributed by atoms with E-state index in [2.05, 4.69) is 6.08 Å². The lowest BCUT2D eigenvalue weighted by Crippen LogP contribution is -2.47. The molecule has 0 radical (unpaired) electrons. The van der Waals surface area contributed by atoms with Crippen LogP contribution < -0.4 is 0 Å². The molecule has 1 heterocycles. The van der Waals surface area contributed by atoms with E-state index in [9.17, 15) is 9.59 Å². The first kappa shape index (κ1) is 12.9. The maximum absolute atomic E-state index is 12.3. The van der Waals surface area contributed by atoms with E-state index in [4.69, 9.17) is 5.11 Å². The highest BCUT2D eigenvalue weighted by Gasteiger charge is 2.30. The first-order chi connectivity index (χ1) is 8.56. The minimum atomic E-state index is -0.937. The molecule has 0 unspecified atom stereocenters. The summed E-state index contributed by atoms with van der Waals surface area (Å²) in [6.45, 7) is 3.72. The van der Waals surface area contributed by atoms with Crippen molar-refractivity contribution in [1.29, 1.82) is 0 Å². The standard InChI is InChI=1S/C13H20N2O3/c1-10-3-2-6-14(7-10)13(18)15(9-12(16)17)8-11-4-5-11/h3,11H,2,4-9H2,1H3,(H,16,17). The Morgan fingerprint density at radius 2 is 2.22 bits per heavy atom. The van der Waals surface area contributed by atoms with E-state index in [1.54, 1.807) is 4.90 Å². The van der Waals surface area contributed by atoms with Crippen molar-refractivity contribution in [3.8, 4) is 0 Å². The molecule has 2 amide bonds. The maximum Gasteiger partial charge on any atom is 0.323 e. The summed E-state index contributed by atoms with van der Waals surface area (Å²) in [6, 6.07) is -0.128. The third-order valence-electron chi connectivity index (χ3n) is 3.37. The number of nitrogens with zero attached hydrogens (tertiary/aromatic N) is 2. The number of hydrogen-bond donors (Lipinski definition) is 1. The molecule has 0 spiro atoms. The van der Waals surface area contributed by atoms with Gasteiger partial charge in [0, 0.05) is 19.6 Å². The molecule has 2 aliphatic rings. The molecule has 2 rings (SSSR count). The molecule has 1 saturated carbocycles. The minimum absolute atomic E-state index is 0.128. The molecule has 1 aliphatic carbocycles. The Morgan fingerprint density at radius 3 is 2.78 bits per heavy atom. The molecule has 0 aromatic rings. The summed E-state index contributed by atoms with van der Waals surface area (Å²) >= 11 is 0. The van der Waals surface area contributed by atoms with Gasteiger partial charge < -0.3 is 14.9 Å². The van der Waals surface area contributed by atoms with Gasteiger partial charge in [-0.05, 0) is 32.1 Å². The monoisotopic (exact) mass is 252 g/mol. The van der Waals surface area contributed by atoms with Crippen LogP contribution in [0.15, 0.2) is 11.6 Å². The van der Waals surface area contributed by atoms with E-state index in [-0.39, 0.29) is 12.6 Å². The molecule has 1 N–H and O–H groups in total. The second-order valence-electron chi connectivity index (χ2n) is 5.26. The largest absolute Gasteiger partial charge is 0.480 e. The molecule has 0 aromatic heterocycles. The van der Waals surface area contributed by atoms with Crippen LogP contribution in [0.4, 0.5) is 4.79 Å². The fraction of sp³-hybridized carbons (Fsp3) is 0.692. The molecule has 18 heavy (non-hydrogen) atoms. The van der Waals surface area contributed by atoms with Crippen molar-refractivity contribution < 1.29 is 14.7 Å². The van der Waals surface area contributed by atoms with E-state index in [1.807, 2.05) is 6.92 Å². The Kier molecular flexibility index (Phi) is 3.89. The van der Waals surface area contributed by atoms with Crippen molar-refractivity contribution in [3.63, 3.8) is 0 Å². The smallest absolute Gasteiger partial charge is 0.323 e. The van der Waals surface area contributed by atoms with E-state index in [0.29, 0.717) is 25.6 Å². The van der Waals surface area contributed by atoms with Crippen molar-refractivity contribution >= 4 is 12.0 Å². The van der Waals surface area contributed by atoms with Crippen LogP contribution in [0.3, 0.4) is 0 Å². The van der Waals surface area contributed by atoms with Gasteiger partial charge >= 0.3 is 12.0 Å². The Labute approximate surface area is 107 Å². The predicted octanol–water partition coefficient (Wildman–Crippen LogP) is 1.56. The lowest BCUT2D eigenvalue weighted by Gasteiger charge is -2.32. The molecule has 0 bridgehead atoms. The first-order valence-electron chi connectivity index (χ1n) is 6.47. The highest BCUT2D eigenvalue weighted by atomic mass is 16.4. The number of carboxylic acids is 1. The van der Waals surface area contributed by atoms with Crippen LogP contribution in [-0.2, 0) is 4.79 Å². The van der Waals surface area contributed by atoms with E-state index < -0.39 is 5.97 Å². The first-order valence-corrected chi connectivity index (χ1v) is 6.47. The van der Waals surface area contributed by atoms with Gasteiger partial charge in [0.05, 0.1) is 0 Å². The lowest BCUT2D eigenvalue weighted by atomic mass is 10.1. The molecular formula is C13H20N2O3. The van der Waals surface area contributed by atoms with Crippen molar-refractivity contribution in [2.45, 2.75) is 26.2 Å². The van der Waals surface area contributed by atoms with E-state index in [1.165, 1.54) is 10.5 Å². The Bertz CT molecular complexity index is 374. The fourth-order valence-electron chi connectivity index (χ4n) is 2.26. The zero-order chi connectivity index (χ0) is 13.1. The molecule has 0 aromatic carbocycles. The summed E-state index contributed by atoms with van der Waals surface area (Å²) in [5, 5.41) is 8.89. The summed E-state index contributed by atoms with van der Waals surface area (Å²) in [6.07, 6.45) is 5.22. The molecule has 1 aliphatic heterocycles. The number of carbonyl (C=O) groups is 2. The molecule has 5 nitrogen and oxygen atoms in total. The summed E-state index contributed by atoms with van der Waals surface area (Å²) in [4.78, 5) is 26.4. The van der Waals surface area contributed by atoms with E-state index >= 15 is 0 Å². The van der Waals surface area contributed by atoms with Gasteiger partial charge in [0.2, 0.25) is 0 Å². The molecule has 0 saturated heterocycles. The van der Waals surface area contributed by atoms with Gasteiger partial charge in [0.25, 0.3) is 0 Å². The SMILES string of the molecule is CC1=CCCN(C(=O)N(CC(=O)O)CC2CC2)C1. The van der Waals surface area contributed by atoms with Gasteiger partial charge in [-0.25, -0.2) is 4.79 Å². The summed E-state index contributed by atoms with van der Waals surface area (Å²) < 4.78 is 0. The van der Waals surface area contributed by atoms with Crippen molar-refractivity contribution in [3.05, 3.63) is 11.6 Å². The van der Waals surface area contributed by atoms with Crippen LogP contribution in [0.25, 0.3) is 0 Å². The molecule has 100 valence electrons. The second kappa shape index (κ2) is 5.42. The fourth-order valence-corrected chi connectivity index (χ4v) is 2.26. The molecule has 0 atom stereocenters. The predicted molar refractivity (Wildman–Crippen MR) is 67.3 cm³/mol. The van der Waals surface area contributed by atoms with Crippen LogP contribution in [0.1, 0.15) is 26.2 Å². The normalized spacial score (nSPS) is 19.4. The number of carboxylic acid groups (broad SMARTS) is 1. The van der Waals surface area contributed by atoms with Crippen molar-refractivity contribution in [2.75, 3.05) is 26.2 Å². The van der Waals surface area contributed by atoms with Gasteiger partial charge in [-0.3, -0.25) is 4.79 Å². The number of aliphatic carboxylic acids is 1. The number of urea groups is 1. The summed E-state index contributed by atoms with van der Waals surface area (Å²) in [5.74, 6) is -0.428. The highest BCUT2D eigenvalue weighted by molar-refractivity contribution is 5.80. The summed E-state index contributed by atoms with van der Waals surface area (Å²) in [5.41, 5.74) is 1.18. The average molecular weight is 252 g/mol. The number of rotatable bonds is 4. The van der Waals surface area contributed by atoms with Crippen LogP contribution in [0.5, 0.6) is 0 Å². The maximum atomic E-state index is 12.3. The number of carbonyl (C=O) groups excluding carboxylic acids is 1. The zero-order valence-electron chi connectivity index (χ0n) is 10.8. The Morgan fingerprint density at radius 1 is 1.50 bits per heavy atom. The summed E-state index contributed by atoms with van der Waals surface area (Å²) in [7, 11) is 0. The Hall–Kier alpha value is -1.52. The third kappa shape index (κ3) is 3.48. The second-order valence-corrected chi connectivity index (χ2v) is 5.26. The quantitative estimate of drug-likeness (QED) is 0.772. The van der Waals surface area contributed by atoms with Crippen LogP contribution in [0, 0.1) is 5.92 Å². The van der Waals surface area contributed by atoms with Crippen LogP contribution in [0.2, 0.25) is 0 Å². The van der Waals surface area contributed by atoms with Crippen molar-refractivity contribution in [2.24, 2.45) is 5.92 Å². The number of amides is 2. The average Bonchev–Trinajstić information content (AvgIpc) is 3.10. The van der Waals surface area contributed by atoms with Crippen LogP contribution in [-0.4, -0.2) is 53.1 Å². The van der Waals surface area contributed by atoms with Crippen LogP contribution >= 0.6 is 0 Å². The molecule has 5 heteroatoms. The number of hydrogen-bond acceptors (Lipinski definition) is 2. The zero-order valence-corrected chi connectivity index (χ0v) is 10.8. The lowest BCUT2D eigenvalue weighted by molar-refractivity contribution is -0.137. The Balaban J connectivity index is 1.97. The van der Waals surface area contributed by atoms with Gasteiger partial charge in [-0.2, -0.15) is 0 Å². The van der Waals surface area contributed by atoms with Gasteiger partial charge in [-0.15, -0.1) is 0 Å².